The van der Waals surface area contributed by atoms with E-state index in [0.29, 0.717) is 0 Å². The highest BCUT2D eigenvalue weighted by Gasteiger charge is 2.17. The summed E-state index contributed by atoms with van der Waals surface area (Å²) in [6, 6.07) is 10.3. The molecule has 0 aliphatic carbocycles. The lowest BCUT2D eigenvalue weighted by Crippen LogP contribution is -2.00. The molecule has 1 aromatic rings. The van der Waals surface area contributed by atoms with Crippen molar-refractivity contribution in [1.29, 1.82) is 0 Å². The lowest BCUT2D eigenvalue weighted by molar-refractivity contribution is 1.42. The lowest BCUT2D eigenvalue weighted by atomic mass is 9.84. The van der Waals surface area contributed by atoms with Gasteiger partial charge in [-0.2, -0.15) is 0 Å². The summed E-state index contributed by atoms with van der Waals surface area (Å²) in [5.41, 5.74) is 6.36. The van der Waals surface area contributed by atoms with E-state index in [1.807, 2.05) is 74.6 Å². The summed E-state index contributed by atoms with van der Waals surface area (Å²) in [6.45, 7) is 19.8. The van der Waals surface area contributed by atoms with Crippen molar-refractivity contribution in [1.82, 2.24) is 0 Å². The van der Waals surface area contributed by atoms with E-state index in [9.17, 15) is 0 Å². The van der Waals surface area contributed by atoms with Crippen molar-refractivity contribution in [3.8, 4) is 0 Å². The summed E-state index contributed by atoms with van der Waals surface area (Å²) < 4.78 is 0. The van der Waals surface area contributed by atoms with Gasteiger partial charge in [0.25, 0.3) is 0 Å². The van der Waals surface area contributed by atoms with Crippen LogP contribution in [0.5, 0.6) is 0 Å². The molecule has 1 aromatic carbocycles. The third-order valence-electron chi connectivity index (χ3n) is 3.98. The van der Waals surface area contributed by atoms with Crippen molar-refractivity contribution < 1.29 is 0 Å². The Balaban J connectivity index is 4.22. The Morgan fingerprint density at radius 2 is 1.18 bits per heavy atom. The van der Waals surface area contributed by atoms with E-state index in [0.717, 1.165) is 33.4 Å². The highest BCUT2D eigenvalue weighted by Crippen LogP contribution is 2.36. The second-order valence-electron chi connectivity index (χ2n) is 5.89. The highest BCUT2D eigenvalue weighted by molar-refractivity contribution is 5.90. The van der Waals surface area contributed by atoms with E-state index in [2.05, 4.69) is 50.6 Å². The van der Waals surface area contributed by atoms with Crippen LogP contribution in [0.2, 0.25) is 0 Å². The predicted molar refractivity (Wildman–Crippen MR) is 128 cm³/mol. The van der Waals surface area contributed by atoms with Crippen LogP contribution in [0.3, 0.4) is 0 Å². The molecule has 0 heterocycles. The van der Waals surface area contributed by atoms with E-state index >= 15 is 0 Å². The Kier molecular flexibility index (Phi) is 10.4. The molecule has 0 bridgehead atoms. The van der Waals surface area contributed by atoms with Crippen LogP contribution in [0, 0.1) is 0 Å². The number of allylic oxidation sites excluding steroid dienone is 16. The predicted octanol–water partition coefficient (Wildman–Crippen LogP) is 8.12. The van der Waals surface area contributed by atoms with Crippen LogP contribution in [0.15, 0.2) is 146 Å². The molecule has 0 atom stereocenters. The van der Waals surface area contributed by atoms with Gasteiger partial charge >= 0.3 is 0 Å². The maximum absolute atomic E-state index is 4.05. The molecular weight excluding hydrogens is 336 g/mol. The molecule has 0 saturated carbocycles. The van der Waals surface area contributed by atoms with Crippen molar-refractivity contribution in [3.05, 3.63) is 151 Å². The van der Waals surface area contributed by atoms with E-state index in [-0.39, 0.29) is 0 Å². The first-order chi connectivity index (χ1) is 13.7. The summed E-state index contributed by atoms with van der Waals surface area (Å²) in [5, 5.41) is 0. The van der Waals surface area contributed by atoms with Gasteiger partial charge in [-0.1, -0.05) is 123 Å². The van der Waals surface area contributed by atoms with Crippen LogP contribution in [0.4, 0.5) is 0 Å². The van der Waals surface area contributed by atoms with Gasteiger partial charge in [-0.25, -0.2) is 0 Å². The lowest BCUT2D eigenvalue weighted by Gasteiger charge is -2.20. The summed E-state index contributed by atoms with van der Waals surface area (Å²) >= 11 is 0. The van der Waals surface area contributed by atoms with Crippen molar-refractivity contribution in [3.63, 3.8) is 0 Å². The molecule has 0 heteroatoms. The van der Waals surface area contributed by atoms with Crippen LogP contribution in [-0.2, 0) is 0 Å². The Bertz CT molecular complexity index is 875. The fourth-order valence-corrected chi connectivity index (χ4v) is 2.95. The Labute approximate surface area is 171 Å². The minimum absolute atomic E-state index is 0.986. The molecule has 28 heavy (non-hydrogen) atoms. The van der Waals surface area contributed by atoms with Crippen LogP contribution >= 0.6 is 0 Å². The first kappa shape index (κ1) is 22.7. The molecule has 0 nitrogen and oxygen atoms in total. The Morgan fingerprint density at radius 1 is 0.679 bits per heavy atom. The van der Waals surface area contributed by atoms with Crippen molar-refractivity contribution in [2.75, 3.05) is 0 Å². The fourth-order valence-electron chi connectivity index (χ4n) is 2.95. The highest BCUT2D eigenvalue weighted by atomic mass is 14.2. The van der Waals surface area contributed by atoms with Gasteiger partial charge in [-0.05, 0) is 47.3 Å². The number of hydrogen-bond donors (Lipinski definition) is 0. The first-order valence-electron chi connectivity index (χ1n) is 9.35. The molecule has 0 N–H and O–H groups in total. The third kappa shape index (κ3) is 6.10. The van der Waals surface area contributed by atoms with Crippen LogP contribution in [-0.4, -0.2) is 0 Å². The van der Waals surface area contributed by atoms with Gasteiger partial charge in [0.15, 0.2) is 0 Å². The summed E-state index contributed by atoms with van der Waals surface area (Å²) in [4.78, 5) is 0. The summed E-state index contributed by atoms with van der Waals surface area (Å²) in [5.74, 6) is 0. The zero-order valence-corrected chi connectivity index (χ0v) is 17.1. The quantitative estimate of drug-likeness (QED) is 0.367. The molecular formula is C28H30. The van der Waals surface area contributed by atoms with Gasteiger partial charge in [-0.15, -0.1) is 0 Å². The van der Waals surface area contributed by atoms with E-state index in [1.54, 1.807) is 12.2 Å². The van der Waals surface area contributed by atoms with Gasteiger partial charge in [-0.3, -0.25) is 0 Å². The summed E-state index contributed by atoms with van der Waals surface area (Å²) in [7, 11) is 0. The van der Waals surface area contributed by atoms with E-state index < -0.39 is 0 Å². The first-order valence-corrected chi connectivity index (χ1v) is 9.35. The molecule has 0 aliphatic rings. The van der Waals surface area contributed by atoms with Crippen molar-refractivity contribution in [2.24, 2.45) is 0 Å². The fraction of sp³-hybridized carbons (Fsp3) is 0.0714. The SMILES string of the molecule is C=C/C=C(C=C)/C(C(/C=C\C)=C/C=C)=C(C(\C=C/C)=C\C=C)/c1ccccc1. The number of rotatable bonds is 10. The molecule has 1 rings (SSSR count). The number of hydrogen-bond acceptors (Lipinski definition) is 0. The molecule has 0 fully saturated rings. The molecule has 142 valence electrons. The van der Waals surface area contributed by atoms with E-state index in [4.69, 9.17) is 0 Å². The van der Waals surface area contributed by atoms with Crippen LogP contribution in [0.25, 0.3) is 5.57 Å². The number of benzene rings is 1. The molecule has 0 radical (unpaired) electrons. The monoisotopic (exact) mass is 366 g/mol. The van der Waals surface area contributed by atoms with Crippen LogP contribution < -0.4 is 0 Å². The maximum Gasteiger partial charge on any atom is -0.00269 e. The zero-order chi connectivity index (χ0) is 20.8. The third-order valence-corrected chi connectivity index (χ3v) is 3.98. The second kappa shape index (κ2) is 12.9. The molecule has 0 saturated heterocycles. The van der Waals surface area contributed by atoms with Gasteiger partial charge < -0.3 is 0 Å². The molecule has 0 amide bonds. The van der Waals surface area contributed by atoms with E-state index in [1.165, 1.54) is 0 Å². The average molecular weight is 367 g/mol. The second-order valence-corrected chi connectivity index (χ2v) is 5.89. The smallest absolute Gasteiger partial charge is 0.00269 e. The molecule has 0 spiro atoms. The van der Waals surface area contributed by atoms with Gasteiger partial charge in [0.2, 0.25) is 0 Å². The topological polar surface area (TPSA) is 0 Å². The Hall–Kier alpha value is -3.38. The normalized spacial score (nSPS) is 14.1. The van der Waals surface area contributed by atoms with Crippen molar-refractivity contribution >= 4 is 5.57 Å². The minimum atomic E-state index is 0.986. The van der Waals surface area contributed by atoms with Gasteiger partial charge in [0.1, 0.15) is 0 Å². The maximum atomic E-state index is 4.05. The minimum Gasteiger partial charge on any atom is -0.0990 e. The van der Waals surface area contributed by atoms with Gasteiger partial charge in [0, 0.05) is 0 Å². The molecule has 0 aromatic heterocycles. The Morgan fingerprint density at radius 3 is 1.68 bits per heavy atom. The van der Waals surface area contributed by atoms with Crippen LogP contribution in [0.1, 0.15) is 19.4 Å². The van der Waals surface area contributed by atoms with Crippen molar-refractivity contribution in [2.45, 2.75) is 13.8 Å². The summed E-state index contributed by atoms with van der Waals surface area (Å²) in [6.07, 6.45) is 21.5. The zero-order valence-electron chi connectivity index (χ0n) is 17.1. The standard InChI is InChI=1S/C28H30/c1-7-16-23(12-6)27(24(17-8-2)18-9-3)28(25(19-10-4)20-11-5)26-21-14-13-15-22-26/h7-22H,1-2,4,6H2,3,5H3/b18-9-,20-11-,23-16+,24-17+,25-19+,28-27-. The molecule has 0 aliphatic heterocycles. The largest absolute Gasteiger partial charge is 0.0990 e. The average Bonchev–Trinajstić information content (AvgIpc) is 2.71. The molecule has 0 unspecified atom stereocenters. The van der Waals surface area contributed by atoms with Gasteiger partial charge in [0.05, 0.1) is 0 Å².